The Morgan fingerprint density at radius 3 is 0.992 bits per heavy atom. The van der Waals surface area contributed by atoms with Crippen LogP contribution in [0.25, 0.3) is 186 Å². The zero-order chi connectivity index (χ0) is 84.1. The van der Waals surface area contributed by atoms with E-state index in [0.717, 1.165) is 123 Å². The summed E-state index contributed by atoms with van der Waals surface area (Å²) < 4.78 is 21.2. The van der Waals surface area contributed by atoms with Gasteiger partial charge in [0.05, 0.1) is 38.3 Å². The lowest BCUT2D eigenvalue weighted by Crippen LogP contribution is -2.26. The van der Waals surface area contributed by atoms with Crippen LogP contribution in [0.2, 0.25) is 0 Å². The minimum atomic E-state index is -0.456. The van der Waals surface area contributed by atoms with Crippen molar-refractivity contribution >= 4 is 153 Å². The molecule has 0 fully saturated rings. The van der Waals surface area contributed by atoms with Crippen molar-refractivity contribution in [3.63, 3.8) is 0 Å². The Morgan fingerprint density at radius 2 is 0.539 bits per heavy atom. The van der Waals surface area contributed by atoms with Crippen LogP contribution in [0.1, 0.15) is 22.3 Å². The number of furan rings is 2. The smallest absolute Gasteiger partial charge is 0.145 e. The van der Waals surface area contributed by atoms with Gasteiger partial charge < -0.3 is 27.8 Å². The molecule has 2 aliphatic rings. The van der Waals surface area contributed by atoms with E-state index in [4.69, 9.17) is 8.83 Å². The number of aromatic nitrogens is 2. The molecular formula is C121H76N4O2S. The fourth-order valence-corrected chi connectivity index (χ4v) is 22.3. The van der Waals surface area contributed by atoms with E-state index in [9.17, 15) is 0 Å². The Labute approximate surface area is 742 Å². The minimum Gasteiger partial charge on any atom is -0.455 e. The molecule has 0 amide bonds. The molecule has 6 nitrogen and oxygen atoms in total. The quantitative estimate of drug-likeness (QED) is 0.122. The number of rotatable bonds is 12. The van der Waals surface area contributed by atoms with Crippen LogP contribution in [-0.2, 0) is 5.41 Å². The van der Waals surface area contributed by atoms with Crippen LogP contribution in [0.4, 0.5) is 34.1 Å². The fraction of sp³-hybridized carbons (Fsp3) is 0.00826. The van der Waals surface area contributed by atoms with Crippen molar-refractivity contribution in [2.75, 3.05) is 9.80 Å². The number of nitrogens with zero attached hydrogens (tertiary/aromatic N) is 4. The number of hydrogen-bond acceptors (Lipinski definition) is 5. The number of thiophene rings is 1. The third kappa shape index (κ3) is 11.3. The van der Waals surface area contributed by atoms with Gasteiger partial charge in [0.2, 0.25) is 0 Å². The van der Waals surface area contributed by atoms with Gasteiger partial charge in [-0.15, -0.1) is 11.3 Å². The Hall–Kier alpha value is -16.6. The maximum atomic E-state index is 6.94. The molecule has 0 bridgehead atoms. The zero-order valence-electron chi connectivity index (χ0n) is 69.4. The Kier molecular flexibility index (Phi) is 16.7. The molecule has 20 aromatic carbocycles. The molecule has 128 heavy (non-hydrogen) atoms. The van der Waals surface area contributed by atoms with E-state index < -0.39 is 5.41 Å². The summed E-state index contributed by atoms with van der Waals surface area (Å²) in [6.07, 6.45) is 0. The molecule has 0 unspecified atom stereocenters. The normalized spacial score (nSPS) is 12.4. The number of para-hydroxylation sites is 6. The number of fused-ring (bicyclic) bond motifs is 27. The first-order chi connectivity index (χ1) is 63.5. The van der Waals surface area contributed by atoms with Crippen molar-refractivity contribution in [2.24, 2.45) is 0 Å². The van der Waals surface area contributed by atoms with Crippen molar-refractivity contribution in [3.8, 4) is 78.1 Å². The molecule has 5 heterocycles. The standard InChI is InChI=1S/C67H42N2O.C54H34N2OS/c1-3-17-43(18-4-1)44-31-35-47(36-32-44)68(49-39-40-53-52-23-9-14-28-60(52)67(61(53)41-49)58-26-12-7-21-50(58)51-22-8-13-27-59(51)67)48-37-33-45(34-38-48)56-42-57-54-24-10-15-29-62(54)69(46-19-5-2-6-20-46)65(57)64-55-25-11-16-30-63(55)70-66(56)64;1-3-13-35(14-4-1)36-23-27-39(28-24-36)55(41-31-32-51-46(33-41)43-18-9-12-22-50(43)58-51)40-29-25-37(26-30-40)45-34-47-42-17-7-10-20-48(42)56(38-15-5-2-6-16-38)53(47)52-44-19-8-11-21-49(44)57-54(45)52/h1-42H;1-34H. The van der Waals surface area contributed by atoms with Crippen molar-refractivity contribution in [2.45, 2.75) is 5.41 Å². The molecule has 1 spiro atoms. The third-order valence-corrected chi connectivity index (χ3v) is 27.9. The second kappa shape index (κ2) is 29.3. The first-order valence-corrected chi connectivity index (χ1v) is 44.7. The van der Waals surface area contributed by atoms with Gasteiger partial charge in [-0.2, -0.15) is 0 Å². The van der Waals surface area contributed by atoms with E-state index in [-0.39, 0.29) is 0 Å². The monoisotopic (exact) mass is 1650 g/mol. The molecule has 7 heteroatoms. The predicted molar refractivity (Wildman–Crippen MR) is 536 cm³/mol. The molecule has 598 valence electrons. The lowest BCUT2D eigenvalue weighted by molar-refractivity contribution is 0.670. The molecule has 0 saturated heterocycles. The van der Waals surface area contributed by atoms with Gasteiger partial charge in [-0.1, -0.05) is 315 Å². The Bertz CT molecular complexity index is 8660. The maximum absolute atomic E-state index is 6.94. The predicted octanol–water partition coefficient (Wildman–Crippen LogP) is 33.7. The molecule has 25 aromatic rings. The minimum absolute atomic E-state index is 0.456. The van der Waals surface area contributed by atoms with Gasteiger partial charge in [-0.25, -0.2) is 0 Å². The van der Waals surface area contributed by atoms with Crippen LogP contribution in [0.5, 0.6) is 0 Å². The molecule has 0 atom stereocenters. The first kappa shape index (κ1) is 73.0. The van der Waals surface area contributed by atoms with Crippen LogP contribution in [0.15, 0.2) is 470 Å². The average molecular weight is 1650 g/mol. The second-order valence-corrected chi connectivity index (χ2v) is 34.7. The van der Waals surface area contributed by atoms with Gasteiger partial charge >= 0.3 is 0 Å². The van der Waals surface area contributed by atoms with Crippen molar-refractivity contribution < 1.29 is 8.83 Å². The third-order valence-electron chi connectivity index (χ3n) is 26.8. The van der Waals surface area contributed by atoms with E-state index in [1.54, 1.807) is 0 Å². The summed E-state index contributed by atoms with van der Waals surface area (Å²) in [5, 5.41) is 11.9. The van der Waals surface area contributed by atoms with Gasteiger partial charge in [0.1, 0.15) is 22.3 Å². The van der Waals surface area contributed by atoms with Crippen LogP contribution < -0.4 is 9.80 Å². The van der Waals surface area contributed by atoms with Gasteiger partial charge in [-0.05, 0) is 223 Å². The molecule has 0 N–H and O–H groups in total. The fourth-order valence-electron chi connectivity index (χ4n) is 21.2. The molecule has 0 aliphatic heterocycles. The Morgan fingerprint density at radius 1 is 0.211 bits per heavy atom. The van der Waals surface area contributed by atoms with Crippen molar-refractivity contribution in [1.82, 2.24) is 9.13 Å². The molecule has 5 aromatic heterocycles. The SMILES string of the molecule is c1ccc(-c2ccc(N(c3ccc(-c4cc5c6ccccc6n(-c6ccccc6)c5c5c4oc4ccccc45)cc3)c3ccc4c(c3)C3(c5ccccc5-c5ccccc53)c3ccccc3-4)cc2)cc1.c1ccc(-c2ccc(N(c3ccc(-c4cc5c6ccccc6n(-c6ccccc6)c5c5c4oc4ccccc45)cc3)c3ccc4sc5ccccc5c4c3)cc2)cc1. The van der Waals surface area contributed by atoms with Gasteiger partial charge in [0.15, 0.2) is 0 Å². The maximum Gasteiger partial charge on any atom is 0.145 e. The van der Waals surface area contributed by atoms with Crippen LogP contribution in [-0.4, -0.2) is 9.13 Å². The van der Waals surface area contributed by atoms with Crippen LogP contribution >= 0.6 is 11.3 Å². The summed E-state index contributed by atoms with van der Waals surface area (Å²) in [6, 6.07) is 168. The highest BCUT2D eigenvalue weighted by atomic mass is 32.1. The highest BCUT2D eigenvalue weighted by Crippen LogP contribution is 2.64. The van der Waals surface area contributed by atoms with Crippen molar-refractivity contribution in [3.05, 3.63) is 483 Å². The summed E-state index contributed by atoms with van der Waals surface area (Å²) in [5.41, 5.74) is 36.1. The van der Waals surface area contributed by atoms with Crippen LogP contribution in [0.3, 0.4) is 0 Å². The highest BCUT2D eigenvalue weighted by Gasteiger charge is 2.52. The summed E-state index contributed by atoms with van der Waals surface area (Å²) in [5.74, 6) is 0. The molecule has 0 radical (unpaired) electrons. The molecular weight excluding hydrogens is 1570 g/mol. The van der Waals surface area contributed by atoms with E-state index in [0.29, 0.717) is 0 Å². The largest absolute Gasteiger partial charge is 0.455 e. The summed E-state index contributed by atoms with van der Waals surface area (Å²) >= 11 is 1.85. The van der Waals surface area contributed by atoms with Crippen molar-refractivity contribution in [1.29, 1.82) is 0 Å². The molecule has 2 aliphatic carbocycles. The average Bonchev–Trinajstić information content (AvgIpc) is 1.51. The van der Waals surface area contributed by atoms with Gasteiger partial charge in [-0.3, -0.25) is 0 Å². The second-order valence-electron chi connectivity index (χ2n) is 33.6. The molecule has 0 saturated carbocycles. The van der Waals surface area contributed by atoms with E-state index in [1.807, 2.05) is 11.3 Å². The van der Waals surface area contributed by atoms with E-state index in [1.165, 1.54) is 120 Å². The first-order valence-electron chi connectivity index (χ1n) is 43.8. The number of hydrogen-bond donors (Lipinski definition) is 0. The van der Waals surface area contributed by atoms with Gasteiger partial charge in [0.25, 0.3) is 0 Å². The van der Waals surface area contributed by atoms with Gasteiger partial charge in [0, 0.05) is 109 Å². The summed E-state index contributed by atoms with van der Waals surface area (Å²) in [7, 11) is 0. The Balaban J connectivity index is 0.000000138. The lowest BCUT2D eigenvalue weighted by atomic mass is 9.70. The zero-order valence-corrected chi connectivity index (χ0v) is 70.2. The topological polar surface area (TPSA) is 42.6 Å². The number of benzene rings is 20. The summed E-state index contributed by atoms with van der Waals surface area (Å²) in [6.45, 7) is 0. The molecule has 27 rings (SSSR count). The van der Waals surface area contributed by atoms with E-state index in [2.05, 4.69) is 480 Å². The number of anilines is 6. The van der Waals surface area contributed by atoms with Crippen LogP contribution in [0, 0.1) is 0 Å². The summed E-state index contributed by atoms with van der Waals surface area (Å²) in [4.78, 5) is 4.80. The lowest BCUT2D eigenvalue weighted by Gasteiger charge is -2.32. The van der Waals surface area contributed by atoms with E-state index >= 15 is 0 Å². The highest BCUT2D eigenvalue weighted by molar-refractivity contribution is 7.25.